The van der Waals surface area contributed by atoms with Crippen molar-refractivity contribution in [2.45, 2.75) is 19.8 Å². The SMILES string of the molecule is CCCCN1C(=O)c2ccccc2C1=O.O=S(=O)(Cl)Cl. The van der Waals surface area contributed by atoms with Crippen molar-refractivity contribution < 1.29 is 18.0 Å². The molecule has 20 heavy (non-hydrogen) atoms. The highest BCUT2D eigenvalue weighted by atomic mass is 36.0. The fourth-order valence-corrected chi connectivity index (χ4v) is 1.76. The Morgan fingerprint density at radius 1 is 1.05 bits per heavy atom. The van der Waals surface area contributed by atoms with Gasteiger partial charge in [0.1, 0.15) is 0 Å². The number of hydrogen-bond acceptors (Lipinski definition) is 4. The number of hydrogen-bond donors (Lipinski definition) is 0. The van der Waals surface area contributed by atoms with Gasteiger partial charge in [0.25, 0.3) is 11.8 Å². The molecule has 0 atom stereocenters. The molecule has 1 aliphatic rings. The summed E-state index contributed by atoms with van der Waals surface area (Å²) in [6.45, 7) is 2.57. The molecule has 1 aromatic rings. The third-order valence-corrected chi connectivity index (χ3v) is 2.61. The summed E-state index contributed by atoms with van der Waals surface area (Å²) in [5.74, 6) is -0.298. The maximum absolute atomic E-state index is 11.8. The predicted molar refractivity (Wildman–Crippen MR) is 77.3 cm³/mol. The van der Waals surface area contributed by atoms with Crippen LogP contribution in [0.3, 0.4) is 0 Å². The van der Waals surface area contributed by atoms with Crippen molar-refractivity contribution in [1.82, 2.24) is 4.90 Å². The fraction of sp³-hybridized carbons (Fsp3) is 0.333. The Kier molecular flexibility index (Phi) is 5.98. The first-order chi connectivity index (χ1) is 9.25. The standard InChI is InChI=1S/C12H13NO2.Cl2O2S/c1-2-3-8-13-11(14)9-6-4-5-7-10(9)12(13)15;1-5(2,3)4/h4-7H,2-3,8H2,1H3;. The number of fused-ring (bicyclic) bond motifs is 1. The summed E-state index contributed by atoms with van der Waals surface area (Å²) >= 11 is 0. The number of imide groups is 1. The third kappa shape index (κ3) is 4.77. The number of benzene rings is 1. The van der Waals surface area contributed by atoms with Gasteiger partial charge in [-0.2, -0.15) is 8.42 Å². The number of carbonyl (C=O) groups is 2. The first-order valence-electron chi connectivity index (χ1n) is 5.85. The van der Waals surface area contributed by atoms with Crippen LogP contribution in [0, 0.1) is 0 Å². The molecule has 8 heteroatoms. The van der Waals surface area contributed by atoms with Crippen LogP contribution in [-0.4, -0.2) is 31.7 Å². The summed E-state index contributed by atoms with van der Waals surface area (Å²) < 4.78 is 18.3. The molecule has 5 nitrogen and oxygen atoms in total. The molecule has 2 rings (SSSR count). The van der Waals surface area contributed by atoms with Gasteiger partial charge in [0, 0.05) is 27.9 Å². The van der Waals surface area contributed by atoms with Crippen LogP contribution < -0.4 is 0 Å². The van der Waals surface area contributed by atoms with E-state index in [4.69, 9.17) is 8.42 Å². The summed E-state index contributed by atoms with van der Waals surface area (Å²) in [6.07, 6.45) is 1.85. The minimum absolute atomic E-state index is 0.149. The van der Waals surface area contributed by atoms with E-state index in [1.165, 1.54) is 4.90 Å². The summed E-state index contributed by atoms with van der Waals surface area (Å²) in [7, 11) is 4.81. The van der Waals surface area contributed by atoms with Gasteiger partial charge < -0.3 is 0 Å². The lowest BCUT2D eigenvalue weighted by molar-refractivity contribution is 0.0652. The lowest BCUT2D eigenvalue weighted by Crippen LogP contribution is -2.30. The molecule has 1 aromatic carbocycles. The first kappa shape index (κ1) is 16.9. The van der Waals surface area contributed by atoms with Gasteiger partial charge in [0.2, 0.25) is 0 Å². The highest BCUT2D eigenvalue weighted by Crippen LogP contribution is 2.22. The van der Waals surface area contributed by atoms with Crippen molar-refractivity contribution in [3.05, 3.63) is 35.4 Å². The maximum atomic E-state index is 11.8. The topological polar surface area (TPSA) is 71.5 Å². The molecule has 1 heterocycles. The number of halogens is 2. The summed E-state index contributed by atoms with van der Waals surface area (Å²) in [5.41, 5.74) is 1.08. The van der Waals surface area contributed by atoms with Gasteiger partial charge in [0.05, 0.1) is 11.1 Å². The lowest BCUT2D eigenvalue weighted by atomic mass is 10.1. The molecular weight excluding hydrogens is 325 g/mol. The van der Waals surface area contributed by atoms with Crippen molar-refractivity contribution in [1.29, 1.82) is 0 Å². The quantitative estimate of drug-likeness (QED) is 0.628. The Balaban J connectivity index is 0.000000347. The van der Waals surface area contributed by atoms with E-state index in [0.717, 1.165) is 12.8 Å². The fourth-order valence-electron chi connectivity index (χ4n) is 1.76. The first-order valence-corrected chi connectivity index (χ1v) is 8.98. The molecule has 0 fully saturated rings. The van der Waals surface area contributed by atoms with E-state index < -0.39 is 8.26 Å². The Bertz CT molecular complexity index is 573. The average Bonchev–Trinajstić information content (AvgIpc) is 2.59. The number of rotatable bonds is 3. The highest BCUT2D eigenvalue weighted by molar-refractivity contribution is 8.31. The molecule has 0 unspecified atom stereocenters. The lowest BCUT2D eigenvalue weighted by Gasteiger charge is -2.12. The second-order valence-electron chi connectivity index (χ2n) is 4.04. The van der Waals surface area contributed by atoms with Gasteiger partial charge in [-0.25, -0.2) is 0 Å². The van der Waals surface area contributed by atoms with Crippen LogP contribution >= 0.6 is 21.4 Å². The van der Waals surface area contributed by atoms with E-state index >= 15 is 0 Å². The Hall–Kier alpha value is -1.11. The minimum atomic E-state index is -3.72. The normalized spacial score (nSPS) is 13.8. The number of unbranched alkanes of at least 4 members (excludes halogenated alkanes) is 1. The van der Waals surface area contributed by atoms with Crippen LogP contribution in [0.5, 0.6) is 0 Å². The molecule has 0 N–H and O–H groups in total. The maximum Gasteiger partial charge on any atom is 0.317 e. The molecule has 0 saturated heterocycles. The number of amides is 2. The van der Waals surface area contributed by atoms with Crippen molar-refractivity contribution in [2.75, 3.05) is 6.54 Å². The van der Waals surface area contributed by atoms with Crippen LogP contribution in [0.4, 0.5) is 0 Å². The Morgan fingerprint density at radius 2 is 1.45 bits per heavy atom. The van der Waals surface area contributed by atoms with Crippen LogP contribution in [0.25, 0.3) is 0 Å². The third-order valence-electron chi connectivity index (χ3n) is 2.61. The molecule has 0 bridgehead atoms. The number of carbonyl (C=O) groups excluding carboxylic acids is 2. The van der Waals surface area contributed by atoms with E-state index in [1.54, 1.807) is 24.3 Å². The van der Waals surface area contributed by atoms with Crippen molar-refractivity contribution >= 4 is 41.4 Å². The summed E-state index contributed by atoms with van der Waals surface area (Å²) in [5, 5.41) is 0. The molecule has 0 radical (unpaired) electrons. The van der Waals surface area contributed by atoms with Crippen molar-refractivity contribution in [3.8, 4) is 0 Å². The molecule has 0 spiro atoms. The van der Waals surface area contributed by atoms with Crippen molar-refractivity contribution in [2.24, 2.45) is 0 Å². The zero-order valence-corrected chi connectivity index (χ0v) is 13.0. The van der Waals surface area contributed by atoms with Gasteiger partial charge >= 0.3 is 8.26 Å². The van der Waals surface area contributed by atoms with E-state index in [0.29, 0.717) is 17.7 Å². The highest BCUT2D eigenvalue weighted by Gasteiger charge is 2.34. The smallest absolute Gasteiger partial charge is 0.274 e. The van der Waals surface area contributed by atoms with Crippen LogP contribution in [0.1, 0.15) is 40.5 Å². The molecule has 0 aromatic heterocycles. The predicted octanol–water partition coefficient (Wildman–Crippen LogP) is 2.79. The van der Waals surface area contributed by atoms with Gasteiger partial charge in [-0.15, -0.1) is 0 Å². The zero-order chi connectivity index (χ0) is 15.3. The number of nitrogens with zero attached hydrogens (tertiary/aromatic N) is 1. The average molecular weight is 338 g/mol. The van der Waals surface area contributed by atoms with E-state index in [9.17, 15) is 9.59 Å². The second kappa shape index (κ2) is 7.06. The van der Waals surface area contributed by atoms with Crippen LogP contribution in [-0.2, 0) is 8.26 Å². The van der Waals surface area contributed by atoms with Crippen LogP contribution in [0.15, 0.2) is 24.3 Å². The molecular formula is C12H13Cl2NO4S. The largest absolute Gasteiger partial charge is 0.317 e. The molecule has 110 valence electrons. The van der Waals surface area contributed by atoms with E-state index in [1.807, 2.05) is 6.92 Å². The van der Waals surface area contributed by atoms with Crippen molar-refractivity contribution in [3.63, 3.8) is 0 Å². The van der Waals surface area contributed by atoms with Crippen LogP contribution in [0.2, 0.25) is 0 Å². The Morgan fingerprint density at radius 3 is 1.80 bits per heavy atom. The van der Waals surface area contributed by atoms with Gasteiger partial charge in [-0.05, 0) is 18.6 Å². The minimum Gasteiger partial charge on any atom is -0.274 e. The second-order valence-corrected chi connectivity index (χ2v) is 7.71. The molecule has 1 aliphatic heterocycles. The monoisotopic (exact) mass is 337 g/mol. The molecule has 2 amide bonds. The van der Waals surface area contributed by atoms with Gasteiger partial charge in [-0.1, -0.05) is 25.5 Å². The van der Waals surface area contributed by atoms with E-state index in [-0.39, 0.29) is 11.8 Å². The van der Waals surface area contributed by atoms with E-state index in [2.05, 4.69) is 21.4 Å². The van der Waals surface area contributed by atoms with Gasteiger partial charge in [-0.3, -0.25) is 14.5 Å². The summed E-state index contributed by atoms with van der Waals surface area (Å²) in [4.78, 5) is 25.0. The molecule has 0 aliphatic carbocycles. The Labute approximate surface area is 126 Å². The molecule has 0 saturated carbocycles. The zero-order valence-electron chi connectivity index (χ0n) is 10.7. The summed E-state index contributed by atoms with van der Waals surface area (Å²) in [6, 6.07) is 6.99. The van der Waals surface area contributed by atoms with Gasteiger partial charge in [0.15, 0.2) is 0 Å².